The predicted octanol–water partition coefficient (Wildman–Crippen LogP) is 2.76. The summed E-state index contributed by atoms with van der Waals surface area (Å²) in [7, 11) is 0. The minimum atomic E-state index is -0.230. The van der Waals surface area contributed by atoms with E-state index in [0.29, 0.717) is 17.6 Å². The SMILES string of the molecule is C[C@@H](NC(=O)COc1ccccc1C=O)c1ccccc1. The minimum absolute atomic E-state index is 0.0939. The van der Waals surface area contributed by atoms with E-state index in [2.05, 4.69) is 5.32 Å². The lowest BCUT2D eigenvalue weighted by Crippen LogP contribution is -2.31. The number of ether oxygens (including phenoxy) is 1. The summed E-state index contributed by atoms with van der Waals surface area (Å²) in [6, 6.07) is 16.4. The summed E-state index contributed by atoms with van der Waals surface area (Å²) in [5.41, 5.74) is 1.46. The number of carbonyl (C=O) groups excluding carboxylic acids is 2. The lowest BCUT2D eigenvalue weighted by molar-refractivity contribution is -0.123. The van der Waals surface area contributed by atoms with Crippen molar-refractivity contribution in [1.29, 1.82) is 0 Å². The van der Waals surface area contributed by atoms with Crippen molar-refractivity contribution < 1.29 is 14.3 Å². The van der Waals surface area contributed by atoms with E-state index in [1.165, 1.54) is 0 Å². The number of hydrogen-bond donors (Lipinski definition) is 1. The molecule has 0 bridgehead atoms. The van der Waals surface area contributed by atoms with E-state index < -0.39 is 0 Å². The molecule has 0 fully saturated rings. The van der Waals surface area contributed by atoms with E-state index in [1.54, 1.807) is 24.3 Å². The number of benzene rings is 2. The molecule has 0 aliphatic rings. The summed E-state index contributed by atoms with van der Waals surface area (Å²) in [4.78, 5) is 22.7. The molecular weight excluding hydrogens is 266 g/mol. The highest BCUT2D eigenvalue weighted by Crippen LogP contribution is 2.15. The van der Waals surface area contributed by atoms with Crippen LogP contribution in [-0.2, 0) is 4.79 Å². The second-order valence-electron chi connectivity index (χ2n) is 4.64. The molecule has 0 aliphatic carbocycles. The number of nitrogens with one attached hydrogen (secondary N) is 1. The van der Waals surface area contributed by atoms with Gasteiger partial charge >= 0.3 is 0 Å². The van der Waals surface area contributed by atoms with E-state index >= 15 is 0 Å². The summed E-state index contributed by atoms with van der Waals surface area (Å²) in [6.45, 7) is 1.79. The fourth-order valence-electron chi connectivity index (χ4n) is 1.96. The van der Waals surface area contributed by atoms with E-state index in [-0.39, 0.29) is 18.6 Å². The standard InChI is InChI=1S/C17H17NO3/c1-13(14-7-3-2-4-8-14)18-17(20)12-21-16-10-6-5-9-15(16)11-19/h2-11,13H,12H2,1H3,(H,18,20)/t13-/m1/s1. The lowest BCUT2D eigenvalue weighted by atomic mass is 10.1. The van der Waals surface area contributed by atoms with Crippen LogP contribution in [0.15, 0.2) is 54.6 Å². The first-order valence-corrected chi connectivity index (χ1v) is 6.72. The number of hydrogen-bond acceptors (Lipinski definition) is 3. The summed E-state index contributed by atoms with van der Waals surface area (Å²) < 4.78 is 5.38. The molecule has 0 aliphatic heterocycles. The topological polar surface area (TPSA) is 55.4 Å². The molecule has 21 heavy (non-hydrogen) atoms. The average Bonchev–Trinajstić information content (AvgIpc) is 2.54. The molecule has 1 N–H and O–H groups in total. The Balaban J connectivity index is 1.89. The second-order valence-corrected chi connectivity index (χ2v) is 4.64. The summed E-state index contributed by atoms with van der Waals surface area (Å²) in [5, 5.41) is 2.85. The number of rotatable bonds is 6. The first kappa shape index (κ1) is 14.8. The van der Waals surface area contributed by atoms with Gasteiger partial charge in [0, 0.05) is 0 Å². The second kappa shape index (κ2) is 7.24. The molecule has 0 saturated carbocycles. The van der Waals surface area contributed by atoms with Crippen LogP contribution in [-0.4, -0.2) is 18.8 Å². The largest absolute Gasteiger partial charge is 0.483 e. The van der Waals surface area contributed by atoms with Gasteiger partial charge in [-0.15, -0.1) is 0 Å². The normalized spacial score (nSPS) is 11.5. The van der Waals surface area contributed by atoms with Crippen LogP contribution in [0.2, 0.25) is 0 Å². The van der Waals surface area contributed by atoms with Crippen molar-refractivity contribution >= 4 is 12.2 Å². The molecule has 2 aromatic carbocycles. The van der Waals surface area contributed by atoms with Crippen molar-refractivity contribution in [2.75, 3.05) is 6.61 Å². The third-order valence-corrected chi connectivity index (χ3v) is 3.08. The Labute approximate surface area is 123 Å². The maximum Gasteiger partial charge on any atom is 0.258 e. The van der Waals surface area contributed by atoms with Gasteiger partial charge in [-0.25, -0.2) is 0 Å². The van der Waals surface area contributed by atoms with Gasteiger partial charge in [0.1, 0.15) is 5.75 Å². The van der Waals surface area contributed by atoms with Crippen LogP contribution in [0, 0.1) is 0 Å². The quantitative estimate of drug-likeness (QED) is 0.829. The van der Waals surface area contributed by atoms with Gasteiger partial charge in [-0.3, -0.25) is 9.59 Å². The highest BCUT2D eigenvalue weighted by atomic mass is 16.5. The summed E-state index contributed by atoms with van der Waals surface area (Å²) >= 11 is 0. The van der Waals surface area contributed by atoms with Crippen LogP contribution in [0.1, 0.15) is 28.9 Å². The Morgan fingerprint density at radius 3 is 2.52 bits per heavy atom. The monoisotopic (exact) mass is 283 g/mol. The molecule has 1 atom stereocenters. The molecular formula is C17H17NO3. The van der Waals surface area contributed by atoms with Gasteiger partial charge in [0.15, 0.2) is 12.9 Å². The molecule has 0 spiro atoms. The molecule has 2 aromatic rings. The number of para-hydroxylation sites is 1. The molecule has 108 valence electrons. The molecule has 0 unspecified atom stereocenters. The van der Waals surface area contributed by atoms with E-state index in [4.69, 9.17) is 4.74 Å². The highest BCUT2D eigenvalue weighted by molar-refractivity contribution is 5.81. The van der Waals surface area contributed by atoms with Crippen molar-refractivity contribution in [2.24, 2.45) is 0 Å². The summed E-state index contributed by atoms with van der Waals surface area (Å²) in [6.07, 6.45) is 0.708. The van der Waals surface area contributed by atoms with Gasteiger partial charge in [0.25, 0.3) is 5.91 Å². The first-order chi connectivity index (χ1) is 10.2. The molecule has 0 radical (unpaired) electrons. The van der Waals surface area contributed by atoms with E-state index in [9.17, 15) is 9.59 Å². The fourth-order valence-corrected chi connectivity index (χ4v) is 1.96. The molecule has 2 rings (SSSR count). The van der Waals surface area contributed by atoms with Crippen LogP contribution in [0.5, 0.6) is 5.75 Å². The predicted molar refractivity (Wildman–Crippen MR) is 80.3 cm³/mol. The smallest absolute Gasteiger partial charge is 0.258 e. The molecule has 0 saturated heterocycles. The molecule has 4 nitrogen and oxygen atoms in total. The van der Waals surface area contributed by atoms with Gasteiger partial charge in [-0.05, 0) is 24.6 Å². The third-order valence-electron chi connectivity index (χ3n) is 3.08. The Bertz CT molecular complexity index is 610. The number of aldehydes is 1. The molecule has 1 amide bonds. The Hall–Kier alpha value is -2.62. The fraction of sp³-hybridized carbons (Fsp3) is 0.176. The van der Waals surface area contributed by atoms with Crippen LogP contribution < -0.4 is 10.1 Å². The maximum atomic E-state index is 11.9. The Morgan fingerprint density at radius 2 is 1.81 bits per heavy atom. The average molecular weight is 283 g/mol. The number of amides is 1. The van der Waals surface area contributed by atoms with Crippen molar-refractivity contribution in [1.82, 2.24) is 5.32 Å². The van der Waals surface area contributed by atoms with Crippen LogP contribution in [0.25, 0.3) is 0 Å². The molecule has 4 heteroatoms. The Kier molecular flexibility index (Phi) is 5.10. The van der Waals surface area contributed by atoms with Crippen LogP contribution in [0.4, 0.5) is 0 Å². The Morgan fingerprint density at radius 1 is 1.14 bits per heavy atom. The van der Waals surface area contributed by atoms with E-state index in [0.717, 1.165) is 5.56 Å². The van der Waals surface area contributed by atoms with Gasteiger partial charge in [0.05, 0.1) is 11.6 Å². The zero-order chi connectivity index (χ0) is 15.1. The third kappa shape index (κ3) is 4.18. The number of carbonyl (C=O) groups is 2. The van der Waals surface area contributed by atoms with Gasteiger partial charge in [-0.1, -0.05) is 42.5 Å². The van der Waals surface area contributed by atoms with Crippen molar-refractivity contribution in [3.63, 3.8) is 0 Å². The zero-order valence-corrected chi connectivity index (χ0v) is 11.8. The van der Waals surface area contributed by atoms with Crippen LogP contribution >= 0.6 is 0 Å². The van der Waals surface area contributed by atoms with E-state index in [1.807, 2.05) is 37.3 Å². The highest BCUT2D eigenvalue weighted by Gasteiger charge is 2.10. The minimum Gasteiger partial charge on any atom is -0.483 e. The van der Waals surface area contributed by atoms with Crippen molar-refractivity contribution in [3.05, 3.63) is 65.7 Å². The van der Waals surface area contributed by atoms with Crippen molar-refractivity contribution in [3.8, 4) is 5.75 Å². The van der Waals surface area contributed by atoms with Gasteiger partial charge in [0.2, 0.25) is 0 Å². The lowest BCUT2D eigenvalue weighted by Gasteiger charge is -2.15. The van der Waals surface area contributed by atoms with Gasteiger partial charge < -0.3 is 10.1 Å². The zero-order valence-electron chi connectivity index (χ0n) is 11.8. The van der Waals surface area contributed by atoms with Crippen molar-refractivity contribution in [2.45, 2.75) is 13.0 Å². The molecule has 0 aromatic heterocycles. The van der Waals surface area contributed by atoms with Crippen LogP contribution in [0.3, 0.4) is 0 Å². The maximum absolute atomic E-state index is 11.9. The van der Waals surface area contributed by atoms with Gasteiger partial charge in [-0.2, -0.15) is 0 Å². The first-order valence-electron chi connectivity index (χ1n) is 6.72. The molecule has 0 heterocycles. The summed E-state index contributed by atoms with van der Waals surface area (Å²) in [5.74, 6) is 0.182.